The summed E-state index contributed by atoms with van der Waals surface area (Å²) in [5.74, 6) is -1.02. The molecule has 4 heteroatoms. The maximum Gasteiger partial charge on any atom is 0.167 e. The van der Waals surface area contributed by atoms with Gasteiger partial charge in [0.25, 0.3) is 0 Å². The van der Waals surface area contributed by atoms with Gasteiger partial charge in [-0.25, -0.2) is 8.78 Å². The molecule has 0 saturated heterocycles. The summed E-state index contributed by atoms with van der Waals surface area (Å²) >= 11 is 0. The van der Waals surface area contributed by atoms with Crippen LogP contribution >= 0.6 is 0 Å². The van der Waals surface area contributed by atoms with Crippen molar-refractivity contribution in [3.8, 4) is 11.1 Å². The summed E-state index contributed by atoms with van der Waals surface area (Å²) in [5.41, 5.74) is 1.12. The number of aryl methyl sites for hydroxylation is 1. The molecule has 0 unspecified atom stereocenters. The predicted molar refractivity (Wildman–Crippen MR) is 70.8 cm³/mol. The van der Waals surface area contributed by atoms with Gasteiger partial charge in [0.15, 0.2) is 11.6 Å². The standard InChI is InChI=1S/C15H17F2NO/c1-9(2)18-8-13-11(6-7-19-13)12-5-4-10(3)14(16)15(12)17/h4-7,9,18H,8H2,1-3H3. The van der Waals surface area contributed by atoms with Crippen LogP contribution in [0.3, 0.4) is 0 Å². The van der Waals surface area contributed by atoms with Crippen LogP contribution in [0.25, 0.3) is 11.1 Å². The lowest BCUT2D eigenvalue weighted by atomic mass is 10.0. The average Bonchev–Trinajstić information content (AvgIpc) is 2.82. The van der Waals surface area contributed by atoms with E-state index in [1.54, 1.807) is 25.1 Å². The van der Waals surface area contributed by atoms with Crippen LogP contribution in [-0.4, -0.2) is 6.04 Å². The SMILES string of the molecule is Cc1ccc(-c2ccoc2CNC(C)C)c(F)c1F. The van der Waals surface area contributed by atoms with E-state index in [4.69, 9.17) is 4.42 Å². The highest BCUT2D eigenvalue weighted by Gasteiger charge is 2.17. The van der Waals surface area contributed by atoms with Crippen molar-refractivity contribution in [2.75, 3.05) is 0 Å². The van der Waals surface area contributed by atoms with Crippen LogP contribution in [0.1, 0.15) is 25.2 Å². The fourth-order valence-corrected chi connectivity index (χ4v) is 1.87. The monoisotopic (exact) mass is 265 g/mol. The van der Waals surface area contributed by atoms with Gasteiger partial charge in [-0.2, -0.15) is 0 Å². The zero-order chi connectivity index (χ0) is 14.0. The third kappa shape index (κ3) is 2.84. The molecule has 102 valence electrons. The van der Waals surface area contributed by atoms with Crippen molar-refractivity contribution in [3.05, 3.63) is 47.4 Å². The predicted octanol–water partition coefficient (Wildman–Crippen LogP) is 4.03. The highest BCUT2D eigenvalue weighted by atomic mass is 19.2. The van der Waals surface area contributed by atoms with Crippen LogP contribution in [0.15, 0.2) is 28.9 Å². The zero-order valence-electron chi connectivity index (χ0n) is 11.3. The second-order valence-electron chi connectivity index (χ2n) is 4.85. The molecule has 1 heterocycles. The van der Waals surface area contributed by atoms with Crippen LogP contribution in [0, 0.1) is 18.6 Å². The Hall–Kier alpha value is -1.68. The van der Waals surface area contributed by atoms with Crippen LogP contribution in [0.2, 0.25) is 0 Å². The first-order valence-corrected chi connectivity index (χ1v) is 6.25. The molecule has 2 aromatic rings. The molecule has 0 aliphatic rings. The summed E-state index contributed by atoms with van der Waals surface area (Å²) in [6, 6.07) is 5.10. The van der Waals surface area contributed by atoms with Crippen LogP contribution < -0.4 is 5.32 Å². The van der Waals surface area contributed by atoms with Crippen molar-refractivity contribution >= 4 is 0 Å². The molecule has 0 amide bonds. The molecule has 0 atom stereocenters. The van der Waals surface area contributed by atoms with Crippen molar-refractivity contribution in [3.63, 3.8) is 0 Å². The molecular formula is C15H17F2NO. The lowest BCUT2D eigenvalue weighted by Crippen LogP contribution is -2.21. The second kappa shape index (κ2) is 5.53. The third-order valence-electron chi connectivity index (χ3n) is 2.98. The molecule has 0 spiro atoms. The Bertz CT molecular complexity index is 576. The minimum atomic E-state index is -0.827. The van der Waals surface area contributed by atoms with Gasteiger partial charge in [0.2, 0.25) is 0 Å². The normalized spacial score (nSPS) is 11.3. The minimum absolute atomic E-state index is 0.234. The molecule has 2 rings (SSSR count). The average molecular weight is 265 g/mol. The van der Waals surface area contributed by atoms with Gasteiger partial charge < -0.3 is 9.73 Å². The number of halogens is 2. The molecule has 2 nitrogen and oxygen atoms in total. The first-order valence-electron chi connectivity index (χ1n) is 6.25. The molecule has 1 aromatic carbocycles. The minimum Gasteiger partial charge on any atom is -0.467 e. The number of benzene rings is 1. The van der Waals surface area contributed by atoms with E-state index in [9.17, 15) is 8.78 Å². The summed E-state index contributed by atoms with van der Waals surface area (Å²) in [6.07, 6.45) is 1.49. The summed E-state index contributed by atoms with van der Waals surface area (Å²) in [5, 5.41) is 3.19. The van der Waals surface area contributed by atoms with Crippen LogP contribution in [-0.2, 0) is 6.54 Å². The molecule has 0 aliphatic heterocycles. The quantitative estimate of drug-likeness (QED) is 0.902. The molecule has 0 saturated carbocycles. The number of nitrogens with one attached hydrogen (secondary N) is 1. The first kappa shape index (κ1) is 13.7. The van der Waals surface area contributed by atoms with Gasteiger partial charge in [0, 0.05) is 17.2 Å². The lowest BCUT2D eigenvalue weighted by Gasteiger charge is -2.09. The topological polar surface area (TPSA) is 25.2 Å². The molecule has 1 aromatic heterocycles. The van der Waals surface area contributed by atoms with E-state index in [1.165, 1.54) is 6.26 Å². The van der Waals surface area contributed by atoms with E-state index in [-0.39, 0.29) is 11.6 Å². The van der Waals surface area contributed by atoms with Gasteiger partial charge in [0.05, 0.1) is 12.8 Å². The maximum absolute atomic E-state index is 14.0. The number of rotatable bonds is 4. The van der Waals surface area contributed by atoms with Crippen LogP contribution in [0.4, 0.5) is 8.78 Å². The van der Waals surface area contributed by atoms with E-state index in [0.717, 1.165) is 0 Å². The van der Waals surface area contributed by atoms with Gasteiger partial charge in [-0.3, -0.25) is 0 Å². The van der Waals surface area contributed by atoms with E-state index in [1.807, 2.05) is 13.8 Å². The summed E-state index contributed by atoms with van der Waals surface area (Å²) in [6.45, 7) is 6.04. The van der Waals surface area contributed by atoms with Gasteiger partial charge in [-0.1, -0.05) is 26.0 Å². The Morgan fingerprint density at radius 3 is 2.53 bits per heavy atom. The van der Waals surface area contributed by atoms with Gasteiger partial charge in [0.1, 0.15) is 5.76 Å². The van der Waals surface area contributed by atoms with Gasteiger partial charge in [-0.05, 0) is 18.6 Å². The van der Waals surface area contributed by atoms with Crippen molar-refractivity contribution in [2.45, 2.75) is 33.4 Å². The Kier molecular flexibility index (Phi) is 4.00. The highest BCUT2D eigenvalue weighted by molar-refractivity contribution is 5.66. The summed E-state index contributed by atoms with van der Waals surface area (Å²) in [4.78, 5) is 0. The molecule has 1 N–H and O–H groups in total. The second-order valence-corrected chi connectivity index (χ2v) is 4.85. The number of hydrogen-bond acceptors (Lipinski definition) is 2. The first-order chi connectivity index (χ1) is 9.00. The maximum atomic E-state index is 14.0. The molecule has 19 heavy (non-hydrogen) atoms. The van der Waals surface area contributed by atoms with Crippen molar-refractivity contribution in [2.24, 2.45) is 0 Å². The summed E-state index contributed by atoms with van der Waals surface area (Å²) < 4.78 is 32.9. The Labute approximate surface area is 111 Å². The number of furan rings is 1. The van der Waals surface area contributed by atoms with E-state index in [2.05, 4.69) is 5.32 Å². The largest absolute Gasteiger partial charge is 0.467 e. The summed E-state index contributed by atoms with van der Waals surface area (Å²) in [7, 11) is 0. The molecule has 0 bridgehead atoms. The molecule has 0 radical (unpaired) electrons. The third-order valence-corrected chi connectivity index (χ3v) is 2.98. The smallest absolute Gasteiger partial charge is 0.167 e. The molecular weight excluding hydrogens is 248 g/mol. The fourth-order valence-electron chi connectivity index (χ4n) is 1.87. The zero-order valence-corrected chi connectivity index (χ0v) is 11.3. The molecule has 0 aliphatic carbocycles. The van der Waals surface area contributed by atoms with Crippen molar-refractivity contribution in [1.82, 2.24) is 5.32 Å². The van der Waals surface area contributed by atoms with E-state index < -0.39 is 11.6 Å². The number of hydrogen-bond donors (Lipinski definition) is 1. The van der Waals surface area contributed by atoms with Crippen molar-refractivity contribution in [1.29, 1.82) is 0 Å². The van der Waals surface area contributed by atoms with E-state index in [0.29, 0.717) is 23.4 Å². The van der Waals surface area contributed by atoms with E-state index >= 15 is 0 Å². The Balaban J connectivity index is 2.37. The highest BCUT2D eigenvalue weighted by Crippen LogP contribution is 2.29. The fraction of sp³-hybridized carbons (Fsp3) is 0.333. The van der Waals surface area contributed by atoms with Gasteiger partial charge >= 0.3 is 0 Å². The Morgan fingerprint density at radius 1 is 1.11 bits per heavy atom. The van der Waals surface area contributed by atoms with Crippen molar-refractivity contribution < 1.29 is 13.2 Å². The lowest BCUT2D eigenvalue weighted by molar-refractivity contribution is 0.465. The van der Waals surface area contributed by atoms with Gasteiger partial charge in [-0.15, -0.1) is 0 Å². The molecule has 0 fully saturated rings. The van der Waals surface area contributed by atoms with Crippen LogP contribution in [0.5, 0.6) is 0 Å². The Morgan fingerprint density at radius 2 is 1.84 bits per heavy atom.